The summed E-state index contributed by atoms with van der Waals surface area (Å²) in [6, 6.07) is 5.29. The predicted molar refractivity (Wildman–Crippen MR) is 82.9 cm³/mol. The largest absolute Gasteiger partial charge is 0.495 e. The number of benzene rings is 1. The van der Waals surface area contributed by atoms with E-state index in [9.17, 15) is 8.42 Å². The van der Waals surface area contributed by atoms with Gasteiger partial charge in [-0.15, -0.1) is 0 Å². The van der Waals surface area contributed by atoms with Gasteiger partial charge in [-0.3, -0.25) is 0 Å². The van der Waals surface area contributed by atoms with E-state index in [-0.39, 0.29) is 10.9 Å². The third-order valence-electron chi connectivity index (χ3n) is 3.45. The first kappa shape index (κ1) is 15.1. The second kappa shape index (κ2) is 5.97. The van der Waals surface area contributed by atoms with Gasteiger partial charge in [0, 0.05) is 16.2 Å². The van der Waals surface area contributed by atoms with Gasteiger partial charge in [-0.05, 0) is 60.6 Å². The Kier molecular flexibility index (Phi) is 4.73. The van der Waals surface area contributed by atoms with Crippen molar-refractivity contribution < 1.29 is 13.2 Å². The van der Waals surface area contributed by atoms with E-state index in [0.29, 0.717) is 12.3 Å². The van der Waals surface area contributed by atoms with Gasteiger partial charge in [0.05, 0.1) is 7.11 Å². The molecule has 1 aliphatic rings. The lowest BCUT2D eigenvalue weighted by Crippen LogP contribution is -2.42. The van der Waals surface area contributed by atoms with Crippen molar-refractivity contribution in [3.05, 3.63) is 21.8 Å². The molecule has 1 atom stereocenters. The van der Waals surface area contributed by atoms with Crippen molar-refractivity contribution in [2.24, 2.45) is 0 Å². The summed E-state index contributed by atoms with van der Waals surface area (Å²) in [5.41, 5.74) is 0. The van der Waals surface area contributed by atoms with Crippen LogP contribution in [0.1, 0.15) is 26.2 Å². The van der Waals surface area contributed by atoms with E-state index in [1.807, 2.05) is 13.0 Å². The quantitative estimate of drug-likeness (QED) is 0.740. The van der Waals surface area contributed by atoms with Crippen molar-refractivity contribution in [1.29, 1.82) is 0 Å². The molecule has 0 N–H and O–H groups in total. The molecule has 1 fully saturated rings. The van der Waals surface area contributed by atoms with Crippen LogP contribution in [-0.2, 0) is 10.0 Å². The maximum absolute atomic E-state index is 12.8. The lowest BCUT2D eigenvalue weighted by atomic mass is 10.1. The summed E-state index contributed by atoms with van der Waals surface area (Å²) in [6.07, 6.45) is 2.94. The number of nitrogens with zero attached hydrogens (tertiary/aromatic N) is 1. The lowest BCUT2D eigenvalue weighted by molar-refractivity contribution is 0.267. The molecule has 1 aromatic rings. The number of halogens is 1. The summed E-state index contributed by atoms with van der Waals surface area (Å²) >= 11 is 2.12. The van der Waals surface area contributed by atoms with Gasteiger partial charge in [0.1, 0.15) is 10.6 Å². The van der Waals surface area contributed by atoms with Crippen molar-refractivity contribution in [3.8, 4) is 5.75 Å². The van der Waals surface area contributed by atoms with Gasteiger partial charge in [-0.1, -0.05) is 6.42 Å². The molecule has 1 aliphatic heterocycles. The number of methoxy groups -OCH3 is 1. The number of hydrogen-bond donors (Lipinski definition) is 0. The highest BCUT2D eigenvalue weighted by Crippen LogP contribution is 2.31. The van der Waals surface area contributed by atoms with Crippen molar-refractivity contribution >= 4 is 32.6 Å². The number of hydrogen-bond acceptors (Lipinski definition) is 3. The van der Waals surface area contributed by atoms with Crippen LogP contribution in [0.5, 0.6) is 5.75 Å². The predicted octanol–water partition coefficient (Wildman–Crippen LogP) is 2.86. The average molecular weight is 395 g/mol. The molecular weight excluding hydrogens is 377 g/mol. The normalized spacial score (nSPS) is 21.3. The summed E-state index contributed by atoms with van der Waals surface area (Å²) in [4.78, 5) is 0.274. The highest BCUT2D eigenvalue weighted by Gasteiger charge is 2.33. The summed E-state index contributed by atoms with van der Waals surface area (Å²) in [5.74, 6) is 0.415. The summed E-state index contributed by atoms with van der Waals surface area (Å²) in [6.45, 7) is 2.56. The minimum atomic E-state index is -3.47. The molecule has 1 unspecified atom stereocenters. The minimum absolute atomic E-state index is 0.0568. The SMILES string of the molecule is COc1ccc(I)cc1S(=O)(=O)N1CCCCC1C. The zero-order chi connectivity index (χ0) is 14.0. The molecule has 6 heteroatoms. The average Bonchev–Trinajstić information content (AvgIpc) is 2.39. The molecule has 0 aliphatic carbocycles. The first-order chi connectivity index (χ1) is 8.96. The molecule has 0 radical (unpaired) electrons. The van der Waals surface area contributed by atoms with Crippen LogP contribution in [-0.4, -0.2) is 32.4 Å². The number of sulfonamides is 1. The molecule has 19 heavy (non-hydrogen) atoms. The Morgan fingerprint density at radius 3 is 2.74 bits per heavy atom. The van der Waals surface area contributed by atoms with Crippen LogP contribution >= 0.6 is 22.6 Å². The van der Waals surface area contributed by atoms with Crippen LogP contribution in [0.3, 0.4) is 0 Å². The van der Waals surface area contributed by atoms with Crippen LogP contribution in [0.25, 0.3) is 0 Å². The van der Waals surface area contributed by atoms with Crippen LogP contribution in [0.2, 0.25) is 0 Å². The molecule has 1 saturated heterocycles. The van der Waals surface area contributed by atoms with Gasteiger partial charge in [0.25, 0.3) is 0 Å². The molecule has 1 aromatic carbocycles. The van der Waals surface area contributed by atoms with E-state index < -0.39 is 10.0 Å². The highest BCUT2D eigenvalue weighted by molar-refractivity contribution is 14.1. The summed E-state index contributed by atoms with van der Waals surface area (Å²) in [7, 11) is -1.97. The Labute approximate surface area is 128 Å². The van der Waals surface area contributed by atoms with Gasteiger partial charge in [0.15, 0.2) is 0 Å². The van der Waals surface area contributed by atoms with E-state index >= 15 is 0 Å². The fourth-order valence-electron chi connectivity index (χ4n) is 2.41. The fraction of sp³-hybridized carbons (Fsp3) is 0.538. The molecule has 4 nitrogen and oxygen atoms in total. The van der Waals surface area contributed by atoms with Crippen LogP contribution in [0.4, 0.5) is 0 Å². The molecule has 0 amide bonds. The number of ether oxygens (including phenoxy) is 1. The van der Waals surface area contributed by atoms with E-state index in [1.54, 1.807) is 16.4 Å². The Morgan fingerprint density at radius 1 is 1.37 bits per heavy atom. The van der Waals surface area contributed by atoms with E-state index in [2.05, 4.69) is 22.6 Å². The van der Waals surface area contributed by atoms with Crippen molar-refractivity contribution in [1.82, 2.24) is 4.31 Å². The minimum Gasteiger partial charge on any atom is -0.495 e. The topological polar surface area (TPSA) is 46.6 Å². The van der Waals surface area contributed by atoms with Gasteiger partial charge >= 0.3 is 0 Å². The zero-order valence-electron chi connectivity index (χ0n) is 11.1. The van der Waals surface area contributed by atoms with Gasteiger partial charge in [-0.25, -0.2) is 8.42 Å². The van der Waals surface area contributed by atoms with Gasteiger partial charge in [0.2, 0.25) is 10.0 Å². The molecule has 0 bridgehead atoms. The third kappa shape index (κ3) is 3.05. The second-order valence-corrected chi connectivity index (χ2v) is 7.86. The molecular formula is C13H18INO3S. The molecule has 0 saturated carbocycles. The maximum Gasteiger partial charge on any atom is 0.247 e. The van der Waals surface area contributed by atoms with Crippen LogP contribution in [0.15, 0.2) is 23.1 Å². The number of rotatable bonds is 3. The monoisotopic (exact) mass is 395 g/mol. The fourth-order valence-corrected chi connectivity index (χ4v) is 4.99. The number of piperidine rings is 1. The standard InChI is InChI=1S/C13H18INO3S/c1-10-5-3-4-8-15(10)19(16,17)13-9-11(14)6-7-12(13)18-2/h6-7,9-10H,3-5,8H2,1-2H3. The molecule has 0 spiro atoms. The Balaban J connectivity index is 2.46. The van der Waals surface area contributed by atoms with Crippen LogP contribution in [0, 0.1) is 3.57 Å². The van der Waals surface area contributed by atoms with Crippen molar-refractivity contribution in [2.75, 3.05) is 13.7 Å². The zero-order valence-corrected chi connectivity index (χ0v) is 14.1. The third-order valence-corrected chi connectivity index (χ3v) is 6.16. The molecule has 0 aromatic heterocycles. The molecule has 2 rings (SSSR count). The molecule has 106 valence electrons. The Morgan fingerprint density at radius 2 is 2.11 bits per heavy atom. The first-order valence-electron chi connectivity index (χ1n) is 6.32. The highest BCUT2D eigenvalue weighted by atomic mass is 127. The molecule has 1 heterocycles. The Bertz CT molecular complexity index is 559. The van der Waals surface area contributed by atoms with Crippen molar-refractivity contribution in [2.45, 2.75) is 37.1 Å². The van der Waals surface area contributed by atoms with Crippen LogP contribution < -0.4 is 4.74 Å². The first-order valence-corrected chi connectivity index (χ1v) is 8.84. The van der Waals surface area contributed by atoms with E-state index in [1.165, 1.54) is 7.11 Å². The summed E-state index contributed by atoms with van der Waals surface area (Å²) < 4.78 is 33.2. The van der Waals surface area contributed by atoms with Gasteiger partial charge < -0.3 is 4.74 Å². The maximum atomic E-state index is 12.8. The second-order valence-electron chi connectivity index (χ2n) is 4.76. The Hall–Kier alpha value is -0.340. The smallest absolute Gasteiger partial charge is 0.247 e. The van der Waals surface area contributed by atoms with E-state index in [4.69, 9.17) is 4.74 Å². The summed E-state index contributed by atoms with van der Waals surface area (Å²) in [5, 5.41) is 0. The van der Waals surface area contributed by atoms with Gasteiger partial charge in [-0.2, -0.15) is 4.31 Å². The lowest BCUT2D eigenvalue weighted by Gasteiger charge is -2.32. The van der Waals surface area contributed by atoms with Crippen molar-refractivity contribution in [3.63, 3.8) is 0 Å². The van der Waals surface area contributed by atoms with E-state index in [0.717, 1.165) is 22.8 Å².